The van der Waals surface area contributed by atoms with Crippen molar-refractivity contribution in [3.63, 3.8) is 0 Å². The molecule has 88 valence electrons. The van der Waals surface area contributed by atoms with E-state index in [1.807, 2.05) is 6.92 Å². The molecule has 0 aliphatic carbocycles. The van der Waals surface area contributed by atoms with E-state index in [0.29, 0.717) is 5.92 Å². The van der Waals surface area contributed by atoms with Crippen LogP contribution in [0.3, 0.4) is 0 Å². The molecule has 1 atom stereocenters. The molecule has 1 fully saturated rings. The van der Waals surface area contributed by atoms with Crippen LogP contribution in [0.25, 0.3) is 0 Å². The first-order chi connectivity index (χ1) is 7.77. The Morgan fingerprint density at radius 1 is 1.31 bits per heavy atom. The molecule has 16 heavy (non-hydrogen) atoms. The Morgan fingerprint density at radius 2 is 2.00 bits per heavy atom. The van der Waals surface area contributed by atoms with Crippen LogP contribution in [0.5, 0.6) is 0 Å². The van der Waals surface area contributed by atoms with E-state index < -0.39 is 0 Å². The average Bonchev–Trinajstić information content (AvgIpc) is 2.30. The van der Waals surface area contributed by atoms with Gasteiger partial charge < -0.3 is 10.4 Å². The van der Waals surface area contributed by atoms with E-state index in [9.17, 15) is 5.11 Å². The van der Waals surface area contributed by atoms with Gasteiger partial charge in [0.25, 0.3) is 0 Å². The monoisotopic (exact) mass is 219 g/mol. The van der Waals surface area contributed by atoms with Crippen LogP contribution in [0.1, 0.15) is 36.8 Å². The highest BCUT2D eigenvalue weighted by Crippen LogP contribution is 2.28. The lowest BCUT2D eigenvalue weighted by atomic mass is 9.86. The van der Waals surface area contributed by atoms with Crippen LogP contribution in [0.4, 0.5) is 0 Å². The molecule has 1 unspecified atom stereocenters. The van der Waals surface area contributed by atoms with E-state index in [2.05, 4.69) is 29.6 Å². The number of piperidine rings is 1. The average molecular weight is 219 g/mol. The van der Waals surface area contributed by atoms with Gasteiger partial charge in [-0.25, -0.2) is 0 Å². The summed E-state index contributed by atoms with van der Waals surface area (Å²) in [5, 5.41) is 12.9. The summed E-state index contributed by atoms with van der Waals surface area (Å²) in [7, 11) is 0. The fraction of sp³-hybridized carbons (Fsp3) is 0.571. The van der Waals surface area contributed by atoms with Gasteiger partial charge in [-0.2, -0.15) is 0 Å². The van der Waals surface area contributed by atoms with Gasteiger partial charge in [0.2, 0.25) is 0 Å². The molecule has 0 bridgehead atoms. The number of nitrogens with one attached hydrogen (secondary N) is 1. The van der Waals surface area contributed by atoms with E-state index in [-0.39, 0.29) is 6.10 Å². The van der Waals surface area contributed by atoms with Crippen LogP contribution in [0.2, 0.25) is 0 Å². The fourth-order valence-electron chi connectivity index (χ4n) is 2.57. The summed E-state index contributed by atoms with van der Waals surface area (Å²) in [6.45, 7) is 4.10. The molecule has 2 N–H and O–H groups in total. The summed E-state index contributed by atoms with van der Waals surface area (Å²) in [4.78, 5) is 0. The van der Waals surface area contributed by atoms with Crippen LogP contribution in [-0.2, 0) is 6.42 Å². The van der Waals surface area contributed by atoms with Crippen LogP contribution < -0.4 is 5.32 Å². The quantitative estimate of drug-likeness (QED) is 0.815. The molecule has 1 aliphatic rings. The molecule has 2 heteroatoms. The minimum absolute atomic E-state index is 0.247. The van der Waals surface area contributed by atoms with Crippen molar-refractivity contribution in [3.8, 4) is 0 Å². The Labute approximate surface area is 97.7 Å². The molecule has 1 heterocycles. The van der Waals surface area contributed by atoms with Crippen molar-refractivity contribution in [1.82, 2.24) is 5.32 Å². The number of aliphatic hydroxyl groups is 1. The molecule has 1 aliphatic heterocycles. The summed E-state index contributed by atoms with van der Waals surface area (Å²) in [5.74, 6) is 0.677. The lowest BCUT2D eigenvalue weighted by Crippen LogP contribution is -2.27. The largest absolute Gasteiger partial charge is 0.393 e. The van der Waals surface area contributed by atoms with Crippen molar-refractivity contribution in [2.75, 3.05) is 13.1 Å². The van der Waals surface area contributed by atoms with E-state index in [1.165, 1.54) is 24.0 Å². The second-order valence-electron chi connectivity index (χ2n) is 4.78. The fourth-order valence-corrected chi connectivity index (χ4v) is 2.57. The molecule has 1 saturated heterocycles. The maximum absolute atomic E-state index is 9.52. The molecule has 0 amide bonds. The van der Waals surface area contributed by atoms with Gasteiger partial charge in [-0.1, -0.05) is 24.3 Å². The summed E-state index contributed by atoms with van der Waals surface area (Å²) in [5.41, 5.74) is 2.77. The van der Waals surface area contributed by atoms with Crippen LogP contribution in [-0.4, -0.2) is 24.3 Å². The number of hydrogen-bond donors (Lipinski definition) is 2. The van der Waals surface area contributed by atoms with Crippen molar-refractivity contribution < 1.29 is 5.11 Å². The Hall–Kier alpha value is -0.860. The zero-order chi connectivity index (χ0) is 11.4. The molecule has 0 spiro atoms. The normalized spacial score (nSPS) is 19.6. The van der Waals surface area contributed by atoms with Gasteiger partial charge in [0.15, 0.2) is 0 Å². The van der Waals surface area contributed by atoms with E-state index in [1.54, 1.807) is 0 Å². The highest BCUT2D eigenvalue weighted by molar-refractivity contribution is 5.31. The van der Waals surface area contributed by atoms with E-state index >= 15 is 0 Å². The second kappa shape index (κ2) is 5.46. The lowest BCUT2D eigenvalue weighted by Gasteiger charge is -2.25. The molecule has 0 saturated carbocycles. The lowest BCUT2D eigenvalue weighted by molar-refractivity contribution is 0.195. The minimum atomic E-state index is -0.247. The minimum Gasteiger partial charge on any atom is -0.393 e. The number of benzene rings is 1. The molecular weight excluding hydrogens is 198 g/mol. The van der Waals surface area contributed by atoms with Crippen LogP contribution in [0, 0.1) is 0 Å². The van der Waals surface area contributed by atoms with Crippen molar-refractivity contribution in [3.05, 3.63) is 35.4 Å². The first-order valence-corrected chi connectivity index (χ1v) is 6.24. The zero-order valence-electron chi connectivity index (χ0n) is 9.95. The molecule has 0 radical (unpaired) electrons. The van der Waals surface area contributed by atoms with Gasteiger partial charge in [-0.15, -0.1) is 0 Å². The zero-order valence-corrected chi connectivity index (χ0v) is 9.95. The smallest absolute Gasteiger partial charge is 0.0552 e. The van der Waals surface area contributed by atoms with Gasteiger partial charge in [-0.3, -0.25) is 0 Å². The number of hydrogen-bond acceptors (Lipinski definition) is 2. The number of aliphatic hydroxyl groups excluding tert-OH is 1. The molecule has 0 aromatic heterocycles. The van der Waals surface area contributed by atoms with Gasteiger partial charge >= 0.3 is 0 Å². The summed E-state index contributed by atoms with van der Waals surface area (Å²) >= 11 is 0. The summed E-state index contributed by atoms with van der Waals surface area (Å²) < 4.78 is 0. The number of rotatable bonds is 3. The van der Waals surface area contributed by atoms with Gasteiger partial charge in [0.1, 0.15) is 0 Å². The highest BCUT2D eigenvalue weighted by Gasteiger charge is 2.18. The van der Waals surface area contributed by atoms with Crippen LogP contribution in [0.15, 0.2) is 24.3 Å². The first-order valence-electron chi connectivity index (χ1n) is 6.24. The van der Waals surface area contributed by atoms with Crippen molar-refractivity contribution in [2.24, 2.45) is 0 Å². The van der Waals surface area contributed by atoms with Crippen molar-refractivity contribution in [1.29, 1.82) is 0 Å². The Balaban J connectivity index is 2.17. The topological polar surface area (TPSA) is 32.3 Å². The highest BCUT2D eigenvalue weighted by atomic mass is 16.3. The molecular formula is C14H21NO. The van der Waals surface area contributed by atoms with Gasteiger partial charge in [0, 0.05) is 0 Å². The van der Waals surface area contributed by atoms with Gasteiger partial charge in [0.05, 0.1) is 6.10 Å². The molecule has 1 aromatic rings. The van der Waals surface area contributed by atoms with E-state index in [0.717, 1.165) is 19.5 Å². The van der Waals surface area contributed by atoms with E-state index in [4.69, 9.17) is 0 Å². The first kappa shape index (κ1) is 11.6. The predicted octanol–water partition coefficient (Wildman–Crippen LogP) is 2.08. The molecule has 2 nitrogen and oxygen atoms in total. The summed E-state index contributed by atoms with van der Waals surface area (Å²) in [6.07, 6.45) is 2.97. The molecule has 2 rings (SSSR count). The third kappa shape index (κ3) is 2.83. The maximum atomic E-state index is 9.52. The Bertz CT molecular complexity index is 329. The predicted molar refractivity (Wildman–Crippen MR) is 66.7 cm³/mol. The Kier molecular flexibility index (Phi) is 3.97. The maximum Gasteiger partial charge on any atom is 0.0552 e. The Morgan fingerprint density at radius 3 is 2.69 bits per heavy atom. The van der Waals surface area contributed by atoms with Gasteiger partial charge in [-0.05, 0) is 56.3 Å². The van der Waals surface area contributed by atoms with Crippen LogP contribution >= 0.6 is 0 Å². The standard InChI is InChI=1S/C14H21NO/c1-11(16)10-13-4-2-3-5-14(13)12-6-8-15-9-7-12/h2-5,11-12,15-16H,6-10H2,1H3. The SMILES string of the molecule is CC(O)Cc1ccccc1C1CCNCC1. The second-order valence-corrected chi connectivity index (χ2v) is 4.78. The summed E-state index contributed by atoms with van der Waals surface area (Å²) in [6, 6.07) is 8.57. The molecule has 1 aromatic carbocycles. The van der Waals surface area contributed by atoms with Crippen molar-refractivity contribution >= 4 is 0 Å². The third-order valence-corrected chi connectivity index (χ3v) is 3.35. The third-order valence-electron chi connectivity index (χ3n) is 3.35. The van der Waals surface area contributed by atoms with Crippen molar-refractivity contribution in [2.45, 2.75) is 38.2 Å².